The van der Waals surface area contributed by atoms with Gasteiger partial charge < -0.3 is 10.0 Å². The number of aliphatic hydroxyl groups excluding tert-OH is 1. The number of amides is 1. The van der Waals surface area contributed by atoms with E-state index in [0.29, 0.717) is 21.6 Å². The molecule has 0 aliphatic heterocycles. The molecule has 1 amide bonds. The normalized spacial score (nSPS) is 10.1. The molecule has 0 atom stereocenters. The summed E-state index contributed by atoms with van der Waals surface area (Å²) in [6.07, 6.45) is 1.62. The van der Waals surface area contributed by atoms with Crippen molar-refractivity contribution in [2.24, 2.45) is 0 Å². The van der Waals surface area contributed by atoms with Crippen LogP contribution in [0.5, 0.6) is 0 Å². The van der Waals surface area contributed by atoms with Gasteiger partial charge in [0.15, 0.2) is 0 Å². The first-order valence-electron chi connectivity index (χ1n) is 5.06. The topological polar surface area (TPSA) is 40.5 Å². The highest BCUT2D eigenvalue weighted by Crippen LogP contribution is 2.22. The Morgan fingerprint density at radius 3 is 2.82 bits per heavy atom. The number of hydrogen-bond acceptors (Lipinski definition) is 2. The fourth-order valence-electron chi connectivity index (χ4n) is 1.39. The van der Waals surface area contributed by atoms with Gasteiger partial charge in [0.25, 0.3) is 5.91 Å². The van der Waals surface area contributed by atoms with E-state index in [-0.39, 0.29) is 19.1 Å². The summed E-state index contributed by atoms with van der Waals surface area (Å²) in [6, 6.07) is 4.98. The Morgan fingerprint density at radius 2 is 2.29 bits per heavy atom. The molecule has 0 saturated carbocycles. The minimum Gasteiger partial charge on any atom is -0.395 e. The van der Waals surface area contributed by atoms with Crippen molar-refractivity contribution in [1.82, 2.24) is 4.90 Å². The average molecular weight is 319 g/mol. The van der Waals surface area contributed by atoms with Crippen LogP contribution in [0.2, 0.25) is 5.02 Å². The largest absolute Gasteiger partial charge is 0.395 e. The van der Waals surface area contributed by atoms with Crippen molar-refractivity contribution in [2.75, 3.05) is 19.7 Å². The third kappa shape index (κ3) is 3.84. The van der Waals surface area contributed by atoms with Crippen LogP contribution in [-0.2, 0) is 0 Å². The van der Waals surface area contributed by atoms with E-state index in [1.54, 1.807) is 24.3 Å². The van der Waals surface area contributed by atoms with Crippen molar-refractivity contribution in [2.45, 2.75) is 0 Å². The Balaban J connectivity index is 2.96. The van der Waals surface area contributed by atoms with Gasteiger partial charge in [-0.3, -0.25) is 4.79 Å². The first kappa shape index (κ1) is 14.2. The maximum Gasteiger partial charge on any atom is 0.255 e. The van der Waals surface area contributed by atoms with Gasteiger partial charge in [-0.15, -0.1) is 6.58 Å². The second kappa shape index (κ2) is 6.79. The molecule has 0 unspecified atom stereocenters. The molecule has 0 radical (unpaired) electrons. The molecule has 0 saturated heterocycles. The molecule has 5 heteroatoms. The van der Waals surface area contributed by atoms with Crippen LogP contribution >= 0.6 is 27.5 Å². The van der Waals surface area contributed by atoms with Crippen LogP contribution in [0.1, 0.15) is 10.4 Å². The lowest BCUT2D eigenvalue weighted by molar-refractivity contribution is 0.0742. The van der Waals surface area contributed by atoms with E-state index in [0.717, 1.165) is 0 Å². The maximum atomic E-state index is 12.2. The number of carbonyl (C=O) groups excluding carboxylic acids is 1. The molecule has 3 nitrogen and oxygen atoms in total. The van der Waals surface area contributed by atoms with Crippen molar-refractivity contribution < 1.29 is 9.90 Å². The number of aliphatic hydroxyl groups is 1. The van der Waals surface area contributed by atoms with Crippen molar-refractivity contribution in [1.29, 1.82) is 0 Å². The van der Waals surface area contributed by atoms with Crippen molar-refractivity contribution in [3.8, 4) is 0 Å². The molecule has 1 N–H and O–H groups in total. The lowest BCUT2D eigenvalue weighted by atomic mass is 10.2. The van der Waals surface area contributed by atoms with Crippen LogP contribution in [-0.4, -0.2) is 35.6 Å². The smallest absolute Gasteiger partial charge is 0.255 e. The van der Waals surface area contributed by atoms with Crippen LogP contribution in [0.4, 0.5) is 0 Å². The minimum absolute atomic E-state index is 0.0786. The second-order valence-electron chi connectivity index (χ2n) is 3.39. The number of benzene rings is 1. The quantitative estimate of drug-likeness (QED) is 0.848. The third-order valence-corrected chi connectivity index (χ3v) is 3.06. The van der Waals surface area contributed by atoms with E-state index in [2.05, 4.69) is 22.5 Å². The number of rotatable bonds is 5. The summed E-state index contributed by atoms with van der Waals surface area (Å²) in [5, 5.41) is 9.47. The van der Waals surface area contributed by atoms with E-state index >= 15 is 0 Å². The molecule has 92 valence electrons. The molecular formula is C12H13BrClNO2. The Bertz CT molecular complexity index is 423. The fourth-order valence-corrected chi connectivity index (χ4v) is 2.24. The van der Waals surface area contributed by atoms with Crippen molar-refractivity contribution >= 4 is 33.4 Å². The summed E-state index contributed by atoms with van der Waals surface area (Å²) in [5.74, 6) is -0.164. The highest BCUT2D eigenvalue weighted by Gasteiger charge is 2.16. The van der Waals surface area contributed by atoms with E-state index in [1.807, 2.05) is 0 Å². The maximum absolute atomic E-state index is 12.2. The van der Waals surface area contributed by atoms with Gasteiger partial charge in [0.2, 0.25) is 0 Å². The van der Waals surface area contributed by atoms with Gasteiger partial charge in [-0.05, 0) is 34.1 Å². The fraction of sp³-hybridized carbons (Fsp3) is 0.250. The van der Waals surface area contributed by atoms with Crippen LogP contribution < -0.4 is 0 Å². The van der Waals surface area contributed by atoms with Gasteiger partial charge in [0.1, 0.15) is 0 Å². The van der Waals surface area contributed by atoms with Crippen molar-refractivity contribution in [3.63, 3.8) is 0 Å². The molecule has 0 aliphatic rings. The zero-order valence-corrected chi connectivity index (χ0v) is 11.5. The van der Waals surface area contributed by atoms with Gasteiger partial charge in [0.05, 0.1) is 12.2 Å². The minimum atomic E-state index is -0.164. The number of nitrogens with zero attached hydrogens (tertiary/aromatic N) is 1. The summed E-state index contributed by atoms with van der Waals surface area (Å²) >= 11 is 9.11. The average Bonchev–Trinajstić information content (AvgIpc) is 2.28. The molecule has 0 spiro atoms. The molecule has 0 fully saturated rings. The van der Waals surface area contributed by atoms with E-state index in [4.69, 9.17) is 16.7 Å². The lowest BCUT2D eigenvalue weighted by Crippen LogP contribution is -2.33. The summed E-state index contributed by atoms with van der Waals surface area (Å²) in [6.45, 7) is 4.18. The molecule has 0 heterocycles. The van der Waals surface area contributed by atoms with Crippen LogP contribution in [0.25, 0.3) is 0 Å². The Kier molecular flexibility index (Phi) is 5.68. The molecule has 17 heavy (non-hydrogen) atoms. The molecule has 1 rings (SSSR count). The molecular weight excluding hydrogens is 305 g/mol. The summed E-state index contributed by atoms with van der Waals surface area (Å²) in [5.41, 5.74) is 0.518. The number of carbonyl (C=O) groups is 1. The predicted molar refractivity (Wildman–Crippen MR) is 72.3 cm³/mol. The van der Waals surface area contributed by atoms with Gasteiger partial charge in [-0.25, -0.2) is 0 Å². The lowest BCUT2D eigenvalue weighted by Gasteiger charge is -2.20. The molecule has 1 aromatic rings. The summed E-state index contributed by atoms with van der Waals surface area (Å²) < 4.78 is 0.641. The first-order valence-corrected chi connectivity index (χ1v) is 6.23. The monoisotopic (exact) mass is 317 g/mol. The summed E-state index contributed by atoms with van der Waals surface area (Å²) in [7, 11) is 0. The first-order chi connectivity index (χ1) is 8.10. The second-order valence-corrected chi connectivity index (χ2v) is 4.68. The van der Waals surface area contributed by atoms with E-state index in [1.165, 1.54) is 4.90 Å². The van der Waals surface area contributed by atoms with E-state index < -0.39 is 0 Å². The standard InChI is InChI=1S/C12H13BrClNO2/c1-2-5-15(6-7-16)12(17)10-4-3-9(14)8-11(10)13/h2-4,8,16H,1,5-7H2. The zero-order valence-electron chi connectivity index (χ0n) is 9.20. The van der Waals surface area contributed by atoms with Gasteiger partial charge in [-0.1, -0.05) is 17.7 Å². The zero-order chi connectivity index (χ0) is 12.8. The van der Waals surface area contributed by atoms with Crippen LogP contribution in [0, 0.1) is 0 Å². The number of halogens is 2. The van der Waals surface area contributed by atoms with E-state index in [9.17, 15) is 4.79 Å². The highest BCUT2D eigenvalue weighted by molar-refractivity contribution is 9.10. The van der Waals surface area contributed by atoms with Crippen LogP contribution in [0.3, 0.4) is 0 Å². The molecule has 0 bridgehead atoms. The third-order valence-electron chi connectivity index (χ3n) is 2.17. The Labute approximate surface area is 114 Å². The van der Waals surface area contributed by atoms with Crippen molar-refractivity contribution in [3.05, 3.63) is 45.9 Å². The molecule has 0 aliphatic carbocycles. The predicted octanol–water partition coefficient (Wildman–Crippen LogP) is 2.72. The SMILES string of the molecule is C=CCN(CCO)C(=O)c1ccc(Cl)cc1Br. The Morgan fingerprint density at radius 1 is 1.59 bits per heavy atom. The Hall–Kier alpha value is -0.840. The van der Waals surface area contributed by atoms with Crippen LogP contribution in [0.15, 0.2) is 35.3 Å². The van der Waals surface area contributed by atoms with Gasteiger partial charge in [-0.2, -0.15) is 0 Å². The number of hydrogen-bond donors (Lipinski definition) is 1. The molecule has 0 aromatic heterocycles. The summed E-state index contributed by atoms with van der Waals surface area (Å²) in [4.78, 5) is 13.7. The van der Waals surface area contributed by atoms with Gasteiger partial charge >= 0.3 is 0 Å². The highest BCUT2D eigenvalue weighted by atomic mass is 79.9. The van der Waals surface area contributed by atoms with Gasteiger partial charge in [0, 0.05) is 22.6 Å². The molecule has 1 aromatic carbocycles.